The minimum Gasteiger partial charge on any atom is -0.321 e. The maximum atomic E-state index is 12.9. The van der Waals surface area contributed by atoms with Crippen LogP contribution in [0.4, 0.5) is 8.78 Å². The van der Waals surface area contributed by atoms with E-state index in [1.165, 1.54) is 18.2 Å². The summed E-state index contributed by atoms with van der Waals surface area (Å²) in [6, 6.07) is 3.25. The van der Waals surface area contributed by atoms with E-state index in [-0.39, 0.29) is 5.56 Å². The van der Waals surface area contributed by atoms with Crippen LogP contribution in [-0.4, -0.2) is 0 Å². The summed E-state index contributed by atoms with van der Waals surface area (Å²) in [4.78, 5) is 0. The van der Waals surface area contributed by atoms with Crippen molar-refractivity contribution in [1.29, 1.82) is 0 Å². The first-order chi connectivity index (χ1) is 5.66. The standard InChI is InChI=1S/C9H9F2N/c1-2-8(12)6-4-3-5-7(10)9(6)11/h2-5,8H,1,12H2/t8-/m1/s1. The summed E-state index contributed by atoms with van der Waals surface area (Å²) in [5.41, 5.74) is 5.57. The molecule has 1 rings (SSSR count). The van der Waals surface area contributed by atoms with Crippen LogP contribution in [0.1, 0.15) is 11.6 Å². The maximum absolute atomic E-state index is 12.9. The summed E-state index contributed by atoms with van der Waals surface area (Å²) < 4.78 is 25.5. The van der Waals surface area contributed by atoms with E-state index in [1.807, 2.05) is 0 Å². The van der Waals surface area contributed by atoms with Gasteiger partial charge in [-0.05, 0) is 6.07 Å². The van der Waals surface area contributed by atoms with Crippen LogP contribution in [-0.2, 0) is 0 Å². The molecule has 12 heavy (non-hydrogen) atoms. The first-order valence-corrected chi connectivity index (χ1v) is 3.49. The minimum atomic E-state index is -0.898. The topological polar surface area (TPSA) is 26.0 Å². The van der Waals surface area contributed by atoms with Gasteiger partial charge in [0, 0.05) is 5.56 Å². The third-order valence-corrected chi connectivity index (χ3v) is 1.59. The molecule has 0 saturated carbocycles. The zero-order valence-corrected chi connectivity index (χ0v) is 6.43. The zero-order chi connectivity index (χ0) is 9.14. The molecule has 0 bridgehead atoms. The van der Waals surface area contributed by atoms with Crippen LogP contribution >= 0.6 is 0 Å². The van der Waals surface area contributed by atoms with Crippen molar-refractivity contribution in [3.63, 3.8) is 0 Å². The van der Waals surface area contributed by atoms with Gasteiger partial charge in [0.1, 0.15) is 0 Å². The van der Waals surface area contributed by atoms with Gasteiger partial charge in [0.15, 0.2) is 11.6 Å². The lowest BCUT2D eigenvalue weighted by Crippen LogP contribution is -2.09. The lowest BCUT2D eigenvalue weighted by atomic mass is 10.1. The van der Waals surface area contributed by atoms with Crippen molar-refractivity contribution in [2.45, 2.75) is 6.04 Å². The Balaban J connectivity index is 3.15. The molecule has 64 valence electrons. The maximum Gasteiger partial charge on any atom is 0.163 e. The second kappa shape index (κ2) is 3.45. The highest BCUT2D eigenvalue weighted by molar-refractivity contribution is 5.24. The summed E-state index contributed by atoms with van der Waals surface area (Å²) in [5.74, 6) is -1.78. The Labute approximate surface area is 69.5 Å². The monoisotopic (exact) mass is 169 g/mol. The van der Waals surface area contributed by atoms with Crippen LogP contribution in [0.2, 0.25) is 0 Å². The largest absolute Gasteiger partial charge is 0.321 e. The molecule has 0 heterocycles. The number of nitrogens with two attached hydrogens (primary N) is 1. The van der Waals surface area contributed by atoms with E-state index >= 15 is 0 Å². The first kappa shape index (κ1) is 8.87. The van der Waals surface area contributed by atoms with Gasteiger partial charge in [-0.2, -0.15) is 0 Å². The highest BCUT2D eigenvalue weighted by atomic mass is 19.2. The van der Waals surface area contributed by atoms with E-state index in [2.05, 4.69) is 6.58 Å². The molecular formula is C9H9F2N. The fourth-order valence-electron chi connectivity index (χ4n) is 0.905. The molecule has 0 radical (unpaired) electrons. The molecule has 0 aromatic heterocycles. The van der Waals surface area contributed by atoms with Crippen molar-refractivity contribution >= 4 is 0 Å². The second-order valence-electron chi connectivity index (χ2n) is 2.40. The molecule has 0 aliphatic rings. The summed E-state index contributed by atoms with van der Waals surface area (Å²) >= 11 is 0. The Bertz CT molecular complexity index is 297. The van der Waals surface area contributed by atoms with Gasteiger partial charge in [0.25, 0.3) is 0 Å². The third-order valence-electron chi connectivity index (χ3n) is 1.59. The quantitative estimate of drug-likeness (QED) is 0.674. The summed E-state index contributed by atoms with van der Waals surface area (Å²) in [6.07, 6.45) is 1.36. The van der Waals surface area contributed by atoms with Crippen LogP contribution in [0.15, 0.2) is 30.9 Å². The van der Waals surface area contributed by atoms with E-state index in [1.54, 1.807) is 0 Å². The number of halogens is 2. The molecule has 0 aliphatic carbocycles. The van der Waals surface area contributed by atoms with Crippen molar-refractivity contribution in [2.24, 2.45) is 5.73 Å². The smallest absolute Gasteiger partial charge is 0.163 e. The molecule has 1 aromatic rings. The summed E-state index contributed by atoms with van der Waals surface area (Å²) in [5, 5.41) is 0. The Hall–Kier alpha value is -1.22. The number of hydrogen-bond acceptors (Lipinski definition) is 1. The molecule has 2 N–H and O–H groups in total. The van der Waals surface area contributed by atoms with Gasteiger partial charge in [0.2, 0.25) is 0 Å². The molecule has 0 fully saturated rings. The average molecular weight is 169 g/mol. The summed E-state index contributed by atoms with van der Waals surface area (Å²) in [7, 11) is 0. The normalized spacial score (nSPS) is 12.6. The van der Waals surface area contributed by atoms with Crippen molar-refractivity contribution in [3.05, 3.63) is 48.1 Å². The van der Waals surface area contributed by atoms with Crippen molar-refractivity contribution < 1.29 is 8.78 Å². The molecule has 1 nitrogen and oxygen atoms in total. The molecular weight excluding hydrogens is 160 g/mol. The van der Waals surface area contributed by atoms with E-state index in [4.69, 9.17) is 5.73 Å². The summed E-state index contributed by atoms with van der Waals surface area (Å²) in [6.45, 7) is 3.39. The van der Waals surface area contributed by atoms with Gasteiger partial charge in [0.05, 0.1) is 6.04 Å². The van der Waals surface area contributed by atoms with E-state index in [0.29, 0.717) is 0 Å². The fourth-order valence-corrected chi connectivity index (χ4v) is 0.905. The second-order valence-corrected chi connectivity index (χ2v) is 2.40. The van der Waals surface area contributed by atoms with Crippen molar-refractivity contribution in [2.75, 3.05) is 0 Å². The zero-order valence-electron chi connectivity index (χ0n) is 6.43. The Kier molecular flexibility index (Phi) is 2.55. The molecule has 3 heteroatoms. The van der Waals surface area contributed by atoms with Crippen LogP contribution < -0.4 is 5.73 Å². The van der Waals surface area contributed by atoms with Crippen molar-refractivity contribution in [1.82, 2.24) is 0 Å². The van der Waals surface area contributed by atoms with Crippen LogP contribution in [0, 0.1) is 11.6 Å². The molecule has 0 amide bonds. The van der Waals surface area contributed by atoms with E-state index < -0.39 is 17.7 Å². The number of rotatable bonds is 2. The van der Waals surface area contributed by atoms with Crippen LogP contribution in [0.3, 0.4) is 0 Å². The van der Waals surface area contributed by atoms with Gasteiger partial charge in [-0.15, -0.1) is 6.58 Å². The molecule has 1 atom stereocenters. The lowest BCUT2D eigenvalue weighted by molar-refractivity contribution is 0.495. The van der Waals surface area contributed by atoms with Gasteiger partial charge < -0.3 is 5.73 Å². The molecule has 1 aromatic carbocycles. The van der Waals surface area contributed by atoms with Gasteiger partial charge >= 0.3 is 0 Å². The Morgan fingerprint density at radius 3 is 2.67 bits per heavy atom. The van der Waals surface area contributed by atoms with Gasteiger partial charge in [-0.1, -0.05) is 18.2 Å². The molecule has 0 spiro atoms. The highest BCUT2D eigenvalue weighted by Gasteiger charge is 2.11. The highest BCUT2D eigenvalue weighted by Crippen LogP contribution is 2.17. The fraction of sp³-hybridized carbons (Fsp3) is 0.111. The Morgan fingerprint density at radius 2 is 2.08 bits per heavy atom. The SMILES string of the molecule is C=C[C@@H](N)c1cccc(F)c1F. The first-order valence-electron chi connectivity index (χ1n) is 3.49. The van der Waals surface area contributed by atoms with Gasteiger partial charge in [-0.3, -0.25) is 0 Å². The predicted octanol–water partition coefficient (Wildman–Crippen LogP) is 2.15. The van der Waals surface area contributed by atoms with Crippen LogP contribution in [0.25, 0.3) is 0 Å². The van der Waals surface area contributed by atoms with E-state index in [9.17, 15) is 8.78 Å². The Morgan fingerprint density at radius 1 is 1.42 bits per heavy atom. The van der Waals surface area contributed by atoms with E-state index in [0.717, 1.165) is 6.07 Å². The number of hydrogen-bond donors (Lipinski definition) is 1. The third kappa shape index (κ3) is 1.51. The minimum absolute atomic E-state index is 0.130. The molecule has 0 aliphatic heterocycles. The van der Waals surface area contributed by atoms with Gasteiger partial charge in [-0.25, -0.2) is 8.78 Å². The molecule has 0 saturated heterocycles. The average Bonchev–Trinajstić information content (AvgIpc) is 2.08. The lowest BCUT2D eigenvalue weighted by Gasteiger charge is -2.07. The van der Waals surface area contributed by atoms with Crippen LogP contribution in [0.5, 0.6) is 0 Å². The predicted molar refractivity (Wildman–Crippen MR) is 43.5 cm³/mol. The van der Waals surface area contributed by atoms with Crippen molar-refractivity contribution in [3.8, 4) is 0 Å². The molecule has 0 unspecified atom stereocenters. The number of benzene rings is 1.